The van der Waals surface area contributed by atoms with E-state index in [4.69, 9.17) is 4.98 Å². The highest BCUT2D eigenvalue weighted by atomic mass is 14.7. The molecule has 1 aliphatic carbocycles. The van der Waals surface area contributed by atoms with E-state index in [1.165, 1.54) is 33.2 Å². The molecular weight excluding hydrogens is 302 g/mol. The van der Waals surface area contributed by atoms with E-state index < -0.39 is 0 Å². The van der Waals surface area contributed by atoms with Crippen molar-refractivity contribution >= 4 is 23.1 Å². The molecule has 4 aromatic rings. The van der Waals surface area contributed by atoms with E-state index in [0.717, 1.165) is 16.8 Å². The quantitative estimate of drug-likeness (QED) is 0.369. The number of aromatic nitrogens is 1. The van der Waals surface area contributed by atoms with E-state index in [9.17, 15) is 0 Å². The van der Waals surface area contributed by atoms with Crippen molar-refractivity contribution in [1.82, 2.24) is 4.98 Å². The maximum atomic E-state index is 4.94. The first-order valence-electron chi connectivity index (χ1n) is 8.58. The second-order valence-corrected chi connectivity index (χ2v) is 6.57. The van der Waals surface area contributed by atoms with Gasteiger partial charge in [-0.1, -0.05) is 66.7 Å². The van der Waals surface area contributed by atoms with Crippen LogP contribution in [0, 0.1) is 6.92 Å². The van der Waals surface area contributed by atoms with E-state index in [1.54, 1.807) is 0 Å². The van der Waals surface area contributed by atoms with Gasteiger partial charge in [0.25, 0.3) is 0 Å². The Bertz CT molecular complexity index is 1140. The normalized spacial score (nSPS) is 12.0. The average Bonchev–Trinajstić information content (AvgIpc) is 3.11. The van der Waals surface area contributed by atoms with Crippen LogP contribution in [-0.4, -0.2) is 4.98 Å². The van der Waals surface area contributed by atoms with Crippen LogP contribution in [0.3, 0.4) is 0 Å². The molecule has 118 valence electrons. The van der Waals surface area contributed by atoms with Crippen molar-refractivity contribution < 1.29 is 0 Å². The molecule has 0 saturated heterocycles. The molecule has 0 fully saturated rings. The third-order valence-electron chi connectivity index (χ3n) is 4.96. The summed E-state index contributed by atoms with van der Waals surface area (Å²) in [5.41, 5.74) is 9.59. The number of nitrogens with zero attached hydrogens (tertiary/aromatic N) is 1. The minimum Gasteiger partial charge on any atom is -0.248 e. The molecule has 0 amide bonds. The molecule has 0 N–H and O–H groups in total. The monoisotopic (exact) mass is 319 g/mol. The Labute approximate surface area is 147 Å². The number of hydrogen-bond donors (Lipinski definition) is 0. The average molecular weight is 319 g/mol. The van der Waals surface area contributed by atoms with Crippen molar-refractivity contribution in [3.8, 4) is 22.4 Å². The second kappa shape index (κ2) is 5.42. The summed E-state index contributed by atoms with van der Waals surface area (Å²) >= 11 is 0. The van der Waals surface area contributed by atoms with Crippen LogP contribution in [0.25, 0.3) is 45.4 Å². The van der Waals surface area contributed by atoms with Crippen LogP contribution in [0.4, 0.5) is 0 Å². The SMILES string of the molecule is Cc1ccc2nc(-c3cccc(-c4ccccc4)c3)cc3c2c1C=C3. The molecule has 0 spiro atoms. The highest BCUT2D eigenvalue weighted by Crippen LogP contribution is 2.35. The first-order valence-corrected chi connectivity index (χ1v) is 8.58. The van der Waals surface area contributed by atoms with E-state index >= 15 is 0 Å². The van der Waals surface area contributed by atoms with Crippen molar-refractivity contribution in [2.45, 2.75) is 6.92 Å². The summed E-state index contributed by atoms with van der Waals surface area (Å²) in [5.74, 6) is 0. The van der Waals surface area contributed by atoms with Crippen molar-refractivity contribution in [3.05, 3.63) is 89.5 Å². The van der Waals surface area contributed by atoms with E-state index in [1.807, 2.05) is 6.07 Å². The molecule has 0 saturated carbocycles. The minimum absolute atomic E-state index is 1.03. The molecule has 0 aliphatic heterocycles. The van der Waals surface area contributed by atoms with Crippen molar-refractivity contribution in [2.75, 3.05) is 0 Å². The van der Waals surface area contributed by atoms with Gasteiger partial charge in [-0.15, -0.1) is 0 Å². The maximum Gasteiger partial charge on any atom is 0.0721 e. The second-order valence-electron chi connectivity index (χ2n) is 6.57. The van der Waals surface area contributed by atoms with Gasteiger partial charge in [-0.3, -0.25) is 0 Å². The topological polar surface area (TPSA) is 12.9 Å². The molecule has 3 aromatic carbocycles. The molecule has 1 aromatic heterocycles. The molecule has 25 heavy (non-hydrogen) atoms. The van der Waals surface area contributed by atoms with Crippen molar-refractivity contribution in [1.29, 1.82) is 0 Å². The van der Waals surface area contributed by atoms with Gasteiger partial charge >= 0.3 is 0 Å². The zero-order chi connectivity index (χ0) is 16.8. The lowest BCUT2D eigenvalue weighted by atomic mass is 9.99. The molecule has 0 radical (unpaired) electrons. The van der Waals surface area contributed by atoms with Gasteiger partial charge in [-0.2, -0.15) is 0 Å². The Balaban J connectivity index is 1.68. The van der Waals surface area contributed by atoms with Gasteiger partial charge in [0, 0.05) is 10.9 Å². The Hall–Kier alpha value is -3.19. The Morgan fingerprint density at radius 3 is 2.36 bits per heavy atom. The number of rotatable bonds is 2. The molecule has 0 atom stereocenters. The first kappa shape index (κ1) is 14.2. The highest BCUT2D eigenvalue weighted by molar-refractivity contribution is 6.05. The summed E-state index contributed by atoms with van der Waals surface area (Å²) in [6.07, 6.45) is 4.41. The van der Waals surface area contributed by atoms with Gasteiger partial charge in [0.05, 0.1) is 11.2 Å². The van der Waals surface area contributed by atoms with Crippen LogP contribution >= 0.6 is 0 Å². The van der Waals surface area contributed by atoms with Crippen LogP contribution in [0.15, 0.2) is 72.8 Å². The van der Waals surface area contributed by atoms with Crippen LogP contribution in [0.5, 0.6) is 0 Å². The molecule has 1 heterocycles. The highest BCUT2D eigenvalue weighted by Gasteiger charge is 2.14. The zero-order valence-electron chi connectivity index (χ0n) is 14.0. The summed E-state index contributed by atoms with van der Waals surface area (Å²) in [7, 11) is 0. The molecule has 0 unspecified atom stereocenters. The van der Waals surface area contributed by atoms with Crippen LogP contribution in [-0.2, 0) is 0 Å². The summed E-state index contributed by atoms with van der Waals surface area (Å²) in [4.78, 5) is 4.94. The van der Waals surface area contributed by atoms with Gasteiger partial charge in [-0.05, 0) is 52.9 Å². The molecule has 5 rings (SSSR count). The first-order chi connectivity index (χ1) is 12.3. The number of aryl methyl sites for hydroxylation is 1. The molecule has 0 bridgehead atoms. The zero-order valence-corrected chi connectivity index (χ0v) is 14.0. The van der Waals surface area contributed by atoms with E-state index in [0.29, 0.717) is 0 Å². The van der Waals surface area contributed by atoms with Gasteiger partial charge in [-0.25, -0.2) is 4.98 Å². The fourth-order valence-corrected chi connectivity index (χ4v) is 3.65. The Morgan fingerprint density at radius 2 is 1.48 bits per heavy atom. The van der Waals surface area contributed by atoms with Crippen molar-refractivity contribution in [2.24, 2.45) is 0 Å². The number of benzene rings is 3. The molecular formula is C24H17N. The largest absolute Gasteiger partial charge is 0.248 e. The van der Waals surface area contributed by atoms with Gasteiger partial charge in [0.1, 0.15) is 0 Å². The lowest BCUT2D eigenvalue weighted by Crippen LogP contribution is -1.90. The fraction of sp³-hybridized carbons (Fsp3) is 0.0417. The maximum absolute atomic E-state index is 4.94. The number of pyridine rings is 1. The molecule has 1 heteroatoms. The van der Waals surface area contributed by atoms with Crippen LogP contribution in [0.1, 0.15) is 16.7 Å². The van der Waals surface area contributed by atoms with Crippen molar-refractivity contribution in [3.63, 3.8) is 0 Å². The van der Waals surface area contributed by atoms with Gasteiger partial charge < -0.3 is 0 Å². The van der Waals surface area contributed by atoms with Gasteiger partial charge in [0.2, 0.25) is 0 Å². The standard InChI is InChI=1S/C24H17N/c1-16-10-13-22-24-20(11-12-21(16)24)15-23(25-22)19-9-5-8-18(14-19)17-6-3-2-4-7-17/h2-15H,1H3. The summed E-state index contributed by atoms with van der Waals surface area (Å²) < 4.78 is 0. The number of hydrogen-bond acceptors (Lipinski definition) is 1. The van der Waals surface area contributed by atoms with Crippen LogP contribution < -0.4 is 0 Å². The fourth-order valence-electron chi connectivity index (χ4n) is 3.65. The minimum atomic E-state index is 1.03. The lowest BCUT2D eigenvalue weighted by molar-refractivity contribution is 1.38. The van der Waals surface area contributed by atoms with E-state index in [-0.39, 0.29) is 0 Å². The third kappa shape index (κ3) is 2.28. The summed E-state index contributed by atoms with van der Waals surface area (Å²) in [5, 5.41) is 1.28. The lowest BCUT2D eigenvalue weighted by Gasteiger charge is -2.09. The third-order valence-corrected chi connectivity index (χ3v) is 4.96. The predicted molar refractivity (Wildman–Crippen MR) is 106 cm³/mol. The summed E-state index contributed by atoms with van der Waals surface area (Å²) in [6.45, 7) is 2.16. The Kier molecular flexibility index (Phi) is 3.07. The smallest absolute Gasteiger partial charge is 0.0721 e. The van der Waals surface area contributed by atoms with E-state index in [2.05, 4.69) is 85.8 Å². The summed E-state index contributed by atoms with van der Waals surface area (Å²) in [6, 6.07) is 25.6. The Morgan fingerprint density at radius 1 is 0.680 bits per heavy atom. The molecule has 1 aliphatic rings. The molecule has 1 nitrogen and oxygen atoms in total. The van der Waals surface area contributed by atoms with Gasteiger partial charge in [0.15, 0.2) is 0 Å². The van der Waals surface area contributed by atoms with Crippen LogP contribution in [0.2, 0.25) is 0 Å². The predicted octanol–water partition coefficient (Wildman–Crippen LogP) is 6.36.